The van der Waals surface area contributed by atoms with E-state index in [9.17, 15) is 4.79 Å². The molecule has 26 heavy (non-hydrogen) atoms. The molecule has 0 fully saturated rings. The van der Waals surface area contributed by atoms with Crippen molar-refractivity contribution in [1.82, 2.24) is 0 Å². The van der Waals surface area contributed by atoms with Gasteiger partial charge in [-0.25, -0.2) is 0 Å². The maximum Gasteiger partial charge on any atom is 0.204 e. The summed E-state index contributed by atoms with van der Waals surface area (Å²) in [4.78, 5) is 11.5. The van der Waals surface area contributed by atoms with Gasteiger partial charge >= 0.3 is 0 Å². The average Bonchev–Trinajstić information content (AvgIpc) is 2.67. The Labute approximate surface area is 158 Å². The van der Waals surface area contributed by atoms with E-state index in [0.717, 1.165) is 32.0 Å². The second-order valence-corrected chi connectivity index (χ2v) is 6.86. The zero-order valence-electron chi connectivity index (χ0n) is 16.8. The van der Waals surface area contributed by atoms with Gasteiger partial charge in [0.1, 0.15) is 0 Å². The van der Waals surface area contributed by atoms with E-state index < -0.39 is 0 Å². The van der Waals surface area contributed by atoms with E-state index in [-0.39, 0.29) is 0 Å². The highest BCUT2D eigenvalue weighted by Crippen LogP contribution is 2.40. The van der Waals surface area contributed by atoms with Gasteiger partial charge in [-0.05, 0) is 36.8 Å². The van der Waals surface area contributed by atoms with Crippen molar-refractivity contribution in [3.8, 4) is 17.2 Å². The van der Waals surface area contributed by atoms with Gasteiger partial charge in [0.15, 0.2) is 17.8 Å². The van der Waals surface area contributed by atoms with E-state index in [2.05, 4.69) is 34.3 Å². The molecular formula is C22H34O4. The number of hydrogen-bond acceptors (Lipinski definition) is 4. The number of hydrogen-bond donors (Lipinski definition) is 0. The fraction of sp³-hybridized carbons (Fsp3) is 0.591. The first-order chi connectivity index (χ1) is 12.6. The second kappa shape index (κ2) is 12.4. The number of rotatable bonds is 14. The van der Waals surface area contributed by atoms with Crippen LogP contribution in [0.15, 0.2) is 24.8 Å². The fourth-order valence-electron chi connectivity index (χ4n) is 2.15. The predicted octanol–water partition coefficient (Wildman–Crippen LogP) is 5.69. The highest BCUT2D eigenvalue weighted by Gasteiger charge is 2.19. The first kappa shape index (κ1) is 22.1. The topological polar surface area (TPSA) is 44.8 Å². The molecule has 0 aliphatic rings. The van der Waals surface area contributed by atoms with Crippen molar-refractivity contribution in [2.45, 2.75) is 53.4 Å². The number of carbonyl (C=O) groups excluding carboxylic acids is 1. The first-order valence-corrected chi connectivity index (χ1v) is 9.68. The summed E-state index contributed by atoms with van der Waals surface area (Å²) >= 11 is 0. The predicted molar refractivity (Wildman–Crippen MR) is 107 cm³/mol. The molecule has 0 spiro atoms. The fourth-order valence-corrected chi connectivity index (χ4v) is 2.15. The maximum atomic E-state index is 11.5. The number of unbranched alkanes of at least 4 members (excludes halogenated alkanes) is 1. The average molecular weight is 363 g/mol. The zero-order chi connectivity index (χ0) is 19.4. The van der Waals surface area contributed by atoms with Crippen molar-refractivity contribution in [2.75, 3.05) is 19.8 Å². The lowest BCUT2D eigenvalue weighted by Gasteiger charge is -2.20. The number of carbonyl (C=O) groups is 1. The highest BCUT2D eigenvalue weighted by atomic mass is 16.5. The Balaban J connectivity index is 3.08. The van der Waals surface area contributed by atoms with E-state index in [1.807, 2.05) is 6.08 Å². The van der Waals surface area contributed by atoms with Crippen LogP contribution in [-0.2, 0) is 0 Å². The lowest BCUT2D eigenvalue weighted by atomic mass is 10.1. The monoisotopic (exact) mass is 362 g/mol. The van der Waals surface area contributed by atoms with Crippen LogP contribution < -0.4 is 14.2 Å². The molecule has 0 N–H and O–H groups in total. The summed E-state index contributed by atoms with van der Waals surface area (Å²) in [6, 6.07) is 3.53. The molecule has 2 atom stereocenters. The molecule has 0 heterocycles. The standard InChI is InChI=1S/C22H34O4/c1-6-9-10-13-24-21-19(14-23)11-12-20(25-15-17(4)7-2)22(21)26-16-18(5)8-3/h6,11-12,14,17-18H,1,7-10,13,15-16H2,2-5H3/t17-,18?/m0/s1. The number of benzene rings is 1. The minimum absolute atomic E-state index is 0.408. The van der Waals surface area contributed by atoms with E-state index in [1.165, 1.54) is 0 Å². The Morgan fingerprint density at radius 3 is 2.23 bits per heavy atom. The zero-order valence-corrected chi connectivity index (χ0v) is 16.8. The Bertz CT molecular complexity index is 553. The molecule has 4 nitrogen and oxygen atoms in total. The van der Waals surface area contributed by atoms with E-state index >= 15 is 0 Å². The van der Waals surface area contributed by atoms with Crippen LogP contribution in [0, 0.1) is 11.8 Å². The molecule has 146 valence electrons. The van der Waals surface area contributed by atoms with Gasteiger partial charge in [-0.2, -0.15) is 0 Å². The van der Waals surface area contributed by atoms with Gasteiger partial charge in [0.2, 0.25) is 5.75 Å². The van der Waals surface area contributed by atoms with Crippen LogP contribution in [-0.4, -0.2) is 26.1 Å². The Kier molecular flexibility index (Phi) is 10.5. The number of ether oxygens (including phenoxy) is 3. The van der Waals surface area contributed by atoms with E-state index in [4.69, 9.17) is 14.2 Å². The van der Waals surface area contributed by atoms with Crippen molar-refractivity contribution < 1.29 is 19.0 Å². The second-order valence-electron chi connectivity index (χ2n) is 6.86. The van der Waals surface area contributed by atoms with Crippen LogP contribution in [0.1, 0.15) is 63.7 Å². The summed E-state index contributed by atoms with van der Waals surface area (Å²) in [5.74, 6) is 2.51. The molecule has 0 amide bonds. The van der Waals surface area contributed by atoms with Crippen LogP contribution in [0.3, 0.4) is 0 Å². The maximum absolute atomic E-state index is 11.5. The van der Waals surface area contributed by atoms with Crippen molar-refractivity contribution >= 4 is 6.29 Å². The molecule has 0 radical (unpaired) electrons. The molecule has 1 rings (SSSR count). The molecular weight excluding hydrogens is 328 g/mol. The largest absolute Gasteiger partial charge is 0.489 e. The molecule has 0 aromatic heterocycles. The van der Waals surface area contributed by atoms with Crippen molar-refractivity contribution in [2.24, 2.45) is 11.8 Å². The molecule has 1 aromatic carbocycles. The van der Waals surface area contributed by atoms with Gasteiger partial charge < -0.3 is 14.2 Å². The molecule has 0 saturated heterocycles. The highest BCUT2D eigenvalue weighted by molar-refractivity contribution is 5.82. The molecule has 1 aromatic rings. The Hall–Kier alpha value is -1.97. The Morgan fingerprint density at radius 1 is 1.00 bits per heavy atom. The summed E-state index contributed by atoms with van der Waals surface area (Å²) in [6.07, 6.45) is 6.42. The number of aldehydes is 1. The normalized spacial score (nSPS) is 12.9. The summed E-state index contributed by atoms with van der Waals surface area (Å²) in [7, 11) is 0. The lowest BCUT2D eigenvalue weighted by molar-refractivity contribution is 0.111. The third kappa shape index (κ3) is 7.11. The third-order valence-electron chi connectivity index (χ3n) is 4.46. The summed E-state index contributed by atoms with van der Waals surface area (Å²) in [5, 5.41) is 0. The van der Waals surface area contributed by atoms with Crippen molar-refractivity contribution in [1.29, 1.82) is 0 Å². The molecule has 4 heteroatoms. The van der Waals surface area contributed by atoms with Crippen LogP contribution in [0.5, 0.6) is 17.2 Å². The van der Waals surface area contributed by atoms with Gasteiger partial charge in [-0.3, -0.25) is 4.79 Å². The van der Waals surface area contributed by atoms with Crippen LogP contribution in [0.4, 0.5) is 0 Å². The van der Waals surface area contributed by atoms with Gasteiger partial charge in [0.05, 0.1) is 25.4 Å². The summed E-state index contributed by atoms with van der Waals surface area (Å²) < 4.78 is 18.0. The smallest absolute Gasteiger partial charge is 0.204 e. The van der Waals surface area contributed by atoms with Crippen LogP contribution in [0.25, 0.3) is 0 Å². The third-order valence-corrected chi connectivity index (χ3v) is 4.46. The van der Waals surface area contributed by atoms with Crippen molar-refractivity contribution in [3.05, 3.63) is 30.4 Å². The quantitative estimate of drug-likeness (QED) is 0.242. The van der Waals surface area contributed by atoms with Gasteiger partial charge in [-0.1, -0.05) is 46.6 Å². The molecule has 0 aliphatic carbocycles. The minimum atomic E-state index is 0.408. The summed E-state index contributed by atoms with van der Waals surface area (Å²) in [6.45, 7) is 13.9. The first-order valence-electron chi connectivity index (χ1n) is 9.68. The van der Waals surface area contributed by atoms with Gasteiger partial charge in [0, 0.05) is 0 Å². The van der Waals surface area contributed by atoms with Crippen molar-refractivity contribution in [3.63, 3.8) is 0 Å². The molecule has 1 unspecified atom stereocenters. The Morgan fingerprint density at radius 2 is 1.65 bits per heavy atom. The summed E-state index contributed by atoms with van der Waals surface area (Å²) in [5.41, 5.74) is 0.485. The van der Waals surface area contributed by atoms with Crippen LogP contribution >= 0.6 is 0 Å². The van der Waals surface area contributed by atoms with E-state index in [1.54, 1.807) is 12.1 Å². The molecule has 0 bridgehead atoms. The van der Waals surface area contributed by atoms with E-state index in [0.29, 0.717) is 54.5 Å². The molecule has 0 aliphatic heterocycles. The van der Waals surface area contributed by atoms with Gasteiger partial charge in [0.25, 0.3) is 0 Å². The van der Waals surface area contributed by atoms with Gasteiger partial charge in [-0.15, -0.1) is 6.58 Å². The van der Waals surface area contributed by atoms with Crippen LogP contribution in [0.2, 0.25) is 0 Å². The SMILES string of the molecule is C=CCCCOc1c(C=O)ccc(OC[C@@H](C)CC)c1OCC(C)CC. The minimum Gasteiger partial charge on any atom is -0.489 e. The molecule has 0 saturated carbocycles. The lowest BCUT2D eigenvalue weighted by Crippen LogP contribution is -2.13. The number of allylic oxidation sites excluding steroid dienone is 1.